The minimum atomic E-state index is -0.201. The lowest BCUT2D eigenvalue weighted by Crippen LogP contribution is -2.29. The number of carbonyl (C=O) groups is 2. The van der Waals surface area contributed by atoms with Crippen molar-refractivity contribution in [3.05, 3.63) is 11.9 Å². The zero-order chi connectivity index (χ0) is 13.1. The molecule has 6 heteroatoms. The van der Waals surface area contributed by atoms with Crippen LogP contribution in [0.5, 0.6) is 0 Å². The van der Waals surface area contributed by atoms with Gasteiger partial charge in [0.15, 0.2) is 0 Å². The fourth-order valence-corrected chi connectivity index (χ4v) is 2.02. The number of amides is 2. The Kier molecular flexibility index (Phi) is 3.74. The highest BCUT2D eigenvalue weighted by Gasteiger charge is 2.35. The van der Waals surface area contributed by atoms with Gasteiger partial charge in [-0.2, -0.15) is 0 Å². The molecule has 0 radical (unpaired) electrons. The summed E-state index contributed by atoms with van der Waals surface area (Å²) in [6, 6.07) is 0. The van der Waals surface area contributed by atoms with E-state index in [1.807, 2.05) is 0 Å². The van der Waals surface area contributed by atoms with Gasteiger partial charge in [-0.15, -0.1) is 5.10 Å². The minimum Gasteiger partial charge on any atom is -0.276 e. The lowest BCUT2D eigenvalue weighted by atomic mass is 10.1. The van der Waals surface area contributed by atoms with E-state index in [1.165, 1.54) is 4.90 Å². The van der Waals surface area contributed by atoms with E-state index in [-0.39, 0.29) is 24.3 Å². The van der Waals surface area contributed by atoms with Crippen LogP contribution >= 0.6 is 0 Å². The first-order valence-electron chi connectivity index (χ1n) is 6.35. The molecule has 6 nitrogen and oxygen atoms in total. The third-order valence-electron chi connectivity index (χ3n) is 3.12. The maximum Gasteiger partial charge on any atom is 0.232 e. The number of carbonyl (C=O) groups excluding carboxylic acids is 2. The lowest BCUT2D eigenvalue weighted by Gasteiger charge is -2.11. The molecule has 1 unspecified atom stereocenters. The summed E-state index contributed by atoms with van der Waals surface area (Å²) in [6.45, 7) is 4.95. The molecule has 98 valence electrons. The van der Waals surface area contributed by atoms with Gasteiger partial charge < -0.3 is 0 Å². The maximum atomic E-state index is 11.7. The van der Waals surface area contributed by atoms with Gasteiger partial charge in [0.2, 0.25) is 11.8 Å². The van der Waals surface area contributed by atoms with Gasteiger partial charge in [-0.05, 0) is 6.42 Å². The Labute approximate surface area is 106 Å². The molecular formula is C12H18N4O2. The highest BCUT2D eigenvalue weighted by atomic mass is 16.2. The molecule has 0 spiro atoms. The highest BCUT2D eigenvalue weighted by molar-refractivity contribution is 6.03. The van der Waals surface area contributed by atoms with Crippen LogP contribution in [0.3, 0.4) is 0 Å². The Bertz CT molecular complexity index is 455. The van der Waals surface area contributed by atoms with Gasteiger partial charge in [-0.25, -0.2) is 0 Å². The zero-order valence-corrected chi connectivity index (χ0v) is 10.8. The van der Waals surface area contributed by atoms with Crippen molar-refractivity contribution in [2.24, 2.45) is 5.92 Å². The van der Waals surface area contributed by atoms with Gasteiger partial charge in [-0.1, -0.05) is 25.5 Å². The van der Waals surface area contributed by atoms with E-state index in [0.717, 1.165) is 19.4 Å². The molecule has 1 atom stereocenters. The second-order valence-electron chi connectivity index (χ2n) is 4.75. The summed E-state index contributed by atoms with van der Waals surface area (Å²) in [6.07, 6.45) is 4.25. The number of unbranched alkanes of at least 4 members (excludes halogenated alkanes) is 1. The van der Waals surface area contributed by atoms with E-state index in [1.54, 1.807) is 17.8 Å². The fourth-order valence-electron chi connectivity index (χ4n) is 2.02. The summed E-state index contributed by atoms with van der Waals surface area (Å²) < 4.78 is 1.76. The number of nitrogens with zero attached hydrogens (tertiary/aromatic N) is 4. The molecule has 1 aromatic rings. The van der Waals surface area contributed by atoms with Crippen LogP contribution in [-0.4, -0.2) is 31.7 Å². The zero-order valence-electron chi connectivity index (χ0n) is 10.8. The molecule has 1 fully saturated rings. The molecule has 0 aromatic carbocycles. The number of imide groups is 1. The van der Waals surface area contributed by atoms with Crippen molar-refractivity contribution >= 4 is 11.8 Å². The quantitative estimate of drug-likeness (QED) is 0.730. The minimum absolute atomic E-state index is 0.108. The molecule has 0 aliphatic carbocycles. The lowest BCUT2D eigenvalue weighted by molar-refractivity contribution is -0.139. The Morgan fingerprint density at radius 3 is 2.83 bits per heavy atom. The average molecular weight is 250 g/mol. The molecule has 2 amide bonds. The van der Waals surface area contributed by atoms with Gasteiger partial charge in [0.05, 0.1) is 12.7 Å². The van der Waals surface area contributed by atoms with E-state index in [0.29, 0.717) is 12.1 Å². The summed E-state index contributed by atoms with van der Waals surface area (Å²) in [5.41, 5.74) is 0.668. The van der Waals surface area contributed by atoms with Crippen molar-refractivity contribution in [3.8, 4) is 0 Å². The Hall–Kier alpha value is -1.72. The molecule has 1 aromatic heterocycles. The highest BCUT2D eigenvalue weighted by Crippen LogP contribution is 2.20. The normalized spacial score (nSPS) is 19.9. The van der Waals surface area contributed by atoms with Crippen molar-refractivity contribution in [1.29, 1.82) is 0 Å². The molecule has 2 rings (SSSR count). The standard InChI is InChI=1S/C12H18N4O2/c1-3-4-5-15-7-10(13-14-15)8-16-11(17)6-9(2)12(16)18/h7,9H,3-6,8H2,1-2H3. The van der Waals surface area contributed by atoms with Crippen LogP contribution < -0.4 is 0 Å². The fraction of sp³-hybridized carbons (Fsp3) is 0.667. The van der Waals surface area contributed by atoms with E-state index in [2.05, 4.69) is 17.2 Å². The molecule has 0 N–H and O–H groups in total. The van der Waals surface area contributed by atoms with Crippen molar-refractivity contribution in [2.75, 3.05) is 0 Å². The summed E-state index contributed by atoms with van der Waals surface area (Å²) in [5.74, 6) is -0.425. The Morgan fingerprint density at radius 1 is 1.44 bits per heavy atom. The second kappa shape index (κ2) is 5.29. The number of aromatic nitrogens is 3. The van der Waals surface area contributed by atoms with E-state index in [9.17, 15) is 9.59 Å². The molecule has 1 aliphatic rings. The molecule has 0 bridgehead atoms. The van der Waals surface area contributed by atoms with E-state index < -0.39 is 0 Å². The van der Waals surface area contributed by atoms with Gasteiger partial charge >= 0.3 is 0 Å². The maximum absolute atomic E-state index is 11.7. The molecule has 18 heavy (non-hydrogen) atoms. The molecule has 0 saturated carbocycles. The molecule has 2 heterocycles. The monoisotopic (exact) mass is 250 g/mol. The van der Waals surface area contributed by atoms with Gasteiger partial charge in [0.1, 0.15) is 5.69 Å². The number of aryl methyl sites for hydroxylation is 1. The van der Waals surface area contributed by atoms with Gasteiger partial charge in [0, 0.05) is 18.9 Å². The third-order valence-corrected chi connectivity index (χ3v) is 3.12. The smallest absolute Gasteiger partial charge is 0.232 e. The van der Waals surface area contributed by atoms with Crippen LogP contribution in [0.25, 0.3) is 0 Å². The Balaban J connectivity index is 1.99. The van der Waals surface area contributed by atoms with Crippen LogP contribution in [0.4, 0.5) is 0 Å². The van der Waals surface area contributed by atoms with Crippen molar-refractivity contribution < 1.29 is 9.59 Å². The largest absolute Gasteiger partial charge is 0.276 e. The van der Waals surface area contributed by atoms with E-state index in [4.69, 9.17) is 0 Å². The summed E-state index contributed by atoms with van der Waals surface area (Å²) in [5, 5.41) is 7.98. The van der Waals surface area contributed by atoms with Crippen LogP contribution in [0.1, 0.15) is 38.8 Å². The Morgan fingerprint density at radius 2 is 2.22 bits per heavy atom. The molecule has 1 saturated heterocycles. The summed E-state index contributed by atoms with van der Waals surface area (Å²) >= 11 is 0. The first-order chi connectivity index (χ1) is 8.61. The summed E-state index contributed by atoms with van der Waals surface area (Å²) in [4.78, 5) is 24.7. The van der Waals surface area contributed by atoms with Crippen molar-refractivity contribution in [3.63, 3.8) is 0 Å². The topological polar surface area (TPSA) is 68.1 Å². The number of rotatable bonds is 5. The predicted molar refractivity (Wildman–Crippen MR) is 64.3 cm³/mol. The van der Waals surface area contributed by atoms with E-state index >= 15 is 0 Å². The third kappa shape index (κ3) is 2.57. The second-order valence-corrected chi connectivity index (χ2v) is 4.75. The number of hydrogen-bond acceptors (Lipinski definition) is 4. The van der Waals surface area contributed by atoms with Crippen molar-refractivity contribution in [1.82, 2.24) is 19.9 Å². The number of hydrogen-bond donors (Lipinski definition) is 0. The molecular weight excluding hydrogens is 232 g/mol. The molecule has 1 aliphatic heterocycles. The van der Waals surface area contributed by atoms with Gasteiger partial charge in [-0.3, -0.25) is 19.2 Å². The van der Waals surface area contributed by atoms with Crippen LogP contribution in [-0.2, 0) is 22.7 Å². The SMILES string of the molecule is CCCCn1cc(CN2C(=O)CC(C)C2=O)nn1. The van der Waals surface area contributed by atoms with Crippen molar-refractivity contribution in [2.45, 2.75) is 46.2 Å². The van der Waals surface area contributed by atoms with Crippen LogP contribution in [0.2, 0.25) is 0 Å². The number of likely N-dealkylation sites (tertiary alicyclic amines) is 1. The predicted octanol–water partition coefficient (Wildman–Crippen LogP) is 0.973. The average Bonchev–Trinajstić information content (AvgIpc) is 2.88. The van der Waals surface area contributed by atoms with Gasteiger partial charge in [0.25, 0.3) is 0 Å². The first-order valence-corrected chi connectivity index (χ1v) is 6.35. The summed E-state index contributed by atoms with van der Waals surface area (Å²) in [7, 11) is 0. The van der Waals surface area contributed by atoms with Crippen LogP contribution in [0, 0.1) is 5.92 Å². The van der Waals surface area contributed by atoms with Crippen LogP contribution in [0.15, 0.2) is 6.20 Å². The first kappa shape index (κ1) is 12.7.